The number of carbonyl (C=O) groups is 1. The second kappa shape index (κ2) is 5.22. The van der Waals surface area contributed by atoms with E-state index in [0.29, 0.717) is 0 Å². The maximum atomic E-state index is 10.9. The molecule has 0 unspecified atom stereocenters. The minimum atomic E-state index is -1.30. The van der Waals surface area contributed by atoms with Gasteiger partial charge in [0.05, 0.1) is 4.92 Å². The number of carboxylic acid groups (broad SMARTS) is 1. The van der Waals surface area contributed by atoms with Crippen LogP contribution in [0, 0.1) is 10.1 Å². The number of phenols is 1. The zero-order valence-electron chi connectivity index (χ0n) is 9.98. The Morgan fingerprint density at radius 2 is 2.10 bits per heavy atom. The van der Waals surface area contributed by atoms with Gasteiger partial charge in [0.2, 0.25) is 5.82 Å². The fraction of sp³-hybridized carbons (Fsp3) is 0. The molecule has 8 nitrogen and oxygen atoms in total. The van der Waals surface area contributed by atoms with E-state index in [0.717, 1.165) is 6.07 Å². The molecule has 0 atom stereocenters. The molecule has 1 aromatic carbocycles. The van der Waals surface area contributed by atoms with Gasteiger partial charge in [0.15, 0.2) is 0 Å². The molecule has 2 rings (SSSR count). The number of anilines is 2. The van der Waals surface area contributed by atoms with Crippen LogP contribution in [-0.4, -0.2) is 26.1 Å². The smallest absolute Gasteiger partial charge is 0.339 e. The Kier molecular flexibility index (Phi) is 3.47. The van der Waals surface area contributed by atoms with Crippen molar-refractivity contribution in [3.8, 4) is 5.75 Å². The van der Waals surface area contributed by atoms with Gasteiger partial charge in [-0.2, -0.15) is 0 Å². The topological polar surface area (TPSA) is 126 Å². The molecule has 0 saturated heterocycles. The van der Waals surface area contributed by atoms with Gasteiger partial charge in [-0.1, -0.05) is 0 Å². The van der Waals surface area contributed by atoms with E-state index in [2.05, 4.69) is 10.3 Å². The van der Waals surface area contributed by atoms with Crippen LogP contribution >= 0.6 is 0 Å². The summed E-state index contributed by atoms with van der Waals surface area (Å²) in [6.07, 6.45) is 1.37. The first-order valence-corrected chi connectivity index (χ1v) is 5.42. The number of nitro groups is 1. The standard InChI is InChI=1S/C12H9N3O5/c16-10-4-3-7(6-8(10)12(17)18)14-11-9(15(19)20)2-1-5-13-11/h1-6,16H,(H,13,14)(H,17,18). The summed E-state index contributed by atoms with van der Waals surface area (Å²) in [7, 11) is 0. The number of nitrogens with one attached hydrogen (secondary N) is 1. The van der Waals surface area contributed by atoms with Crippen molar-refractivity contribution in [3.63, 3.8) is 0 Å². The third kappa shape index (κ3) is 2.64. The van der Waals surface area contributed by atoms with Gasteiger partial charge in [-0.15, -0.1) is 0 Å². The molecule has 102 valence electrons. The molecule has 0 aliphatic rings. The molecule has 1 heterocycles. The average Bonchev–Trinajstić information content (AvgIpc) is 2.41. The molecule has 0 spiro atoms. The highest BCUT2D eigenvalue weighted by Crippen LogP contribution is 2.27. The average molecular weight is 275 g/mol. The number of aromatic nitrogens is 1. The predicted octanol–water partition coefficient (Wildman–Crippen LogP) is 2.14. The fourth-order valence-corrected chi connectivity index (χ4v) is 1.56. The second-order valence-electron chi connectivity index (χ2n) is 3.79. The van der Waals surface area contributed by atoms with Crippen LogP contribution in [0.25, 0.3) is 0 Å². The SMILES string of the molecule is O=C(O)c1cc(Nc2ncccc2[N+](=O)[O-])ccc1O. The van der Waals surface area contributed by atoms with Gasteiger partial charge in [-0.25, -0.2) is 9.78 Å². The molecule has 0 aliphatic heterocycles. The monoisotopic (exact) mass is 275 g/mol. The van der Waals surface area contributed by atoms with Crippen LogP contribution in [0.5, 0.6) is 5.75 Å². The summed E-state index contributed by atoms with van der Waals surface area (Å²) in [5.41, 5.74) is -0.284. The zero-order chi connectivity index (χ0) is 14.7. The maximum Gasteiger partial charge on any atom is 0.339 e. The minimum absolute atomic E-state index is 0.0143. The van der Waals surface area contributed by atoms with E-state index in [9.17, 15) is 20.0 Å². The summed E-state index contributed by atoms with van der Waals surface area (Å²) in [6, 6.07) is 6.42. The van der Waals surface area contributed by atoms with E-state index in [1.807, 2.05) is 0 Å². The molecular weight excluding hydrogens is 266 g/mol. The van der Waals surface area contributed by atoms with Crippen LogP contribution in [0.15, 0.2) is 36.5 Å². The van der Waals surface area contributed by atoms with Gasteiger partial charge in [-0.3, -0.25) is 10.1 Å². The highest BCUT2D eigenvalue weighted by atomic mass is 16.6. The van der Waals surface area contributed by atoms with Gasteiger partial charge in [-0.05, 0) is 24.3 Å². The van der Waals surface area contributed by atoms with Crippen LogP contribution < -0.4 is 5.32 Å². The van der Waals surface area contributed by atoms with Crippen molar-refractivity contribution in [2.45, 2.75) is 0 Å². The summed E-state index contributed by atoms with van der Waals surface area (Å²) >= 11 is 0. The van der Waals surface area contributed by atoms with Crippen LogP contribution in [0.1, 0.15) is 10.4 Å². The second-order valence-corrected chi connectivity index (χ2v) is 3.79. The van der Waals surface area contributed by atoms with Crippen molar-refractivity contribution in [3.05, 3.63) is 52.2 Å². The number of aromatic hydroxyl groups is 1. The molecule has 0 aliphatic carbocycles. The number of benzene rings is 1. The van der Waals surface area contributed by atoms with Gasteiger partial charge in [0.25, 0.3) is 0 Å². The lowest BCUT2D eigenvalue weighted by atomic mass is 10.2. The number of carboxylic acids is 1. The number of nitrogens with zero attached hydrogens (tertiary/aromatic N) is 2. The number of hydrogen-bond donors (Lipinski definition) is 3. The first kappa shape index (κ1) is 13.3. The highest BCUT2D eigenvalue weighted by Gasteiger charge is 2.16. The van der Waals surface area contributed by atoms with Crippen molar-refractivity contribution < 1.29 is 19.9 Å². The van der Waals surface area contributed by atoms with Gasteiger partial charge >= 0.3 is 11.7 Å². The molecule has 0 bridgehead atoms. The molecule has 2 aromatic rings. The fourth-order valence-electron chi connectivity index (χ4n) is 1.56. The Morgan fingerprint density at radius 1 is 1.35 bits per heavy atom. The largest absolute Gasteiger partial charge is 0.507 e. The summed E-state index contributed by atoms with van der Waals surface area (Å²) in [6.45, 7) is 0. The quantitative estimate of drug-likeness (QED) is 0.443. The third-order valence-electron chi connectivity index (χ3n) is 2.47. The van der Waals surface area contributed by atoms with Gasteiger partial charge < -0.3 is 15.5 Å². The van der Waals surface area contributed by atoms with Gasteiger partial charge in [0.1, 0.15) is 11.3 Å². The lowest BCUT2D eigenvalue weighted by Gasteiger charge is -2.07. The molecule has 0 fully saturated rings. The minimum Gasteiger partial charge on any atom is -0.507 e. The Hall–Kier alpha value is -3.16. The molecule has 20 heavy (non-hydrogen) atoms. The van der Waals surface area contributed by atoms with Crippen molar-refractivity contribution in [2.24, 2.45) is 0 Å². The summed E-state index contributed by atoms with van der Waals surface area (Å²) in [4.78, 5) is 24.9. The summed E-state index contributed by atoms with van der Waals surface area (Å²) < 4.78 is 0. The van der Waals surface area contributed by atoms with Crippen molar-refractivity contribution in [1.82, 2.24) is 4.98 Å². The summed E-state index contributed by atoms with van der Waals surface area (Å²) in [5.74, 6) is -1.71. The molecule has 8 heteroatoms. The molecule has 1 aromatic heterocycles. The molecule has 3 N–H and O–H groups in total. The normalized spacial score (nSPS) is 10.0. The van der Waals surface area contributed by atoms with E-state index in [1.165, 1.54) is 30.5 Å². The third-order valence-corrected chi connectivity index (χ3v) is 2.47. The maximum absolute atomic E-state index is 10.9. The molecule has 0 amide bonds. The number of rotatable bonds is 4. The van der Waals surface area contributed by atoms with E-state index >= 15 is 0 Å². The Bertz CT molecular complexity index is 687. The van der Waals surface area contributed by atoms with Gasteiger partial charge in [0, 0.05) is 18.0 Å². The van der Waals surface area contributed by atoms with E-state index < -0.39 is 16.6 Å². The number of hydrogen-bond acceptors (Lipinski definition) is 6. The Labute approximate surface area is 112 Å². The molecule has 0 saturated carbocycles. The number of pyridine rings is 1. The van der Waals surface area contributed by atoms with E-state index in [1.54, 1.807) is 0 Å². The van der Waals surface area contributed by atoms with Crippen LogP contribution in [-0.2, 0) is 0 Å². The van der Waals surface area contributed by atoms with Crippen LogP contribution in [0.4, 0.5) is 17.2 Å². The van der Waals surface area contributed by atoms with Crippen molar-refractivity contribution in [1.29, 1.82) is 0 Å². The van der Waals surface area contributed by atoms with E-state index in [-0.39, 0.29) is 22.8 Å². The lowest BCUT2D eigenvalue weighted by Crippen LogP contribution is -2.01. The Balaban J connectivity index is 2.38. The zero-order valence-corrected chi connectivity index (χ0v) is 9.98. The first-order valence-electron chi connectivity index (χ1n) is 5.42. The van der Waals surface area contributed by atoms with Crippen molar-refractivity contribution in [2.75, 3.05) is 5.32 Å². The van der Waals surface area contributed by atoms with E-state index in [4.69, 9.17) is 5.11 Å². The molecule has 0 radical (unpaired) electrons. The lowest BCUT2D eigenvalue weighted by molar-refractivity contribution is -0.384. The van der Waals surface area contributed by atoms with Crippen molar-refractivity contribution >= 4 is 23.2 Å². The first-order chi connectivity index (χ1) is 9.49. The summed E-state index contributed by atoms with van der Waals surface area (Å²) in [5, 5.41) is 31.8. The van der Waals surface area contributed by atoms with Crippen LogP contribution in [0.2, 0.25) is 0 Å². The molecular formula is C12H9N3O5. The highest BCUT2D eigenvalue weighted by molar-refractivity contribution is 5.92. The van der Waals surface area contributed by atoms with Crippen LogP contribution in [0.3, 0.4) is 0 Å². The Morgan fingerprint density at radius 3 is 2.75 bits per heavy atom. The number of aromatic carboxylic acids is 1. The predicted molar refractivity (Wildman–Crippen MR) is 69.2 cm³/mol.